The van der Waals surface area contributed by atoms with E-state index in [0.29, 0.717) is 10.6 Å². The molecule has 76 valence electrons. The fourth-order valence-corrected chi connectivity index (χ4v) is 1.46. The first-order valence-electron chi connectivity index (χ1n) is 4.45. The zero-order chi connectivity index (χ0) is 10.8. The molecule has 0 aliphatic heterocycles. The van der Waals surface area contributed by atoms with Gasteiger partial charge in [-0.15, -0.1) is 0 Å². The second-order valence-corrected chi connectivity index (χ2v) is 3.70. The summed E-state index contributed by atoms with van der Waals surface area (Å²) in [5.41, 5.74) is 1.18. The topological polar surface area (TPSA) is 34.9 Å². The van der Waals surface area contributed by atoms with Crippen molar-refractivity contribution in [2.24, 2.45) is 7.05 Å². The molecule has 4 heteroatoms. The Labute approximate surface area is 92.0 Å². The average Bonchev–Trinajstić information content (AvgIpc) is 2.23. The van der Waals surface area contributed by atoms with Gasteiger partial charge in [-0.2, -0.15) is 4.98 Å². The molecule has 0 aliphatic carbocycles. The molecule has 0 spiro atoms. The lowest BCUT2D eigenvalue weighted by Crippen LogP contribution is -2.11. The molecule has 0 aliphatic rings. The van der Waals surface area contributed by atoms with Crippen LogP contribution < -0.4 is 5.56 Å². The van der Waals surface area contributed by atoms with E-state index in [1.165, 1.54) is 6.33 Å². The summed E-state index contributed by atoms with van der Waals surface area (Å²) < 4.78 is 1.74. The third-order valence-electron chi connectivity index (χ3n) is 2.08. The standard InChI is InChI=1S/C11H9ClN2O/c1-14-6-10(11(15)13-7-14)8-2-4-9(12)5-3-8/h2-7H,1H3. The molecule has 0 amide bonds. The van der Waals surface area contributed by atoms with E-state index in [-0.39, 0.29) is 5.56 Å². The van der Waals surface area contributed by atoms with Gasteiger partial charge in [0.15, 0.2) is 0 Å². The van der Waals surface area contributed by atoms with Gasteiger partial charge in [-0.3, -0.25) is 4.79 Å². The maximum absolute atomic E-state index is 11.5. The van der Waals surface area contributed by atoms with Crippen molar-refractivity contribution in [3.63, 3.8) is 0 Å². The molecule has 2 rings (SSSR count). The van der Waals surface area contributed by atoms with Gasteiger partial charge < -0.3 is 4.57 Å². The normalized spacial score (nSPS) is 10.3. The van der Waals surface area contributed by atoms with Crippen LogP contribution in [0.2, 0.25) is 5.02 Å². The first-order chi connectivity index (χ1) is 7.16. The predicted octanol–water partition coefficient (Wildman–Crippen LogP) is 2.10. The molecule has 1 aromatic heterocycles. The van der Waals surface area contributed by atoms with Gasteiger partial charge in [-0.1, -0.05) is 23.7 Å². The lowest BCUT2D eigenvalue weighted by molar-refractivity contribution is 0.856. The zero-order valence-electron chi connectivity index (χ0n) is 8.14. The van der Waals surface area contributed by atoms with Crippen LogP contribution in [0.4, 0.5) is 0 Å². The van der Waals surface area contributed by atoms with Crippen molar-refractivity contribution < 1.29 is 0 Å². The molecule has 0 N–H and O–H groups in total. The van der Waals surface area contributed by atoms with E-state index in [1.54, 1.807) is 35.0 Å². The van der Waals surface area contributed by atoms with E-state index in [9.17, 15) is 4.79 Å². The van der Waals surface area contributed by atoms with E-state index in [0.717, 1.165) is 5.56 Å². The summed E-state index contributed by atoms with van der Waals surface area (Å²) in [4.78, 5) is 15.3. The Morgan fingerprint density at radius 2 is 1.93 bits per heavy atom. The highest BCUT2D eigenvalue weighted by atomic mass is 35.5. The van der Waals surface area contributed by atoms with Crippen molar-refractivity contribution in [2.45, 2.75) is 0 Å². The van der Waals surface area contributed by atoms with Crippen molar-refractivity contribution in [3.8, 4) is 11.1 Å². The second-order valence-electron chi connectivity index (χ2n) is 3.26. The van der Waals surface area contributed by atoms with Gasteiger partial charge in [-0.05, 0) is 17.7 Å². The maximum atomic E-state index is 11.5. The Morgan fingerprint density at radius 1 is 1.27 bits per heavy atom. The van der Waals surface area contributed by atoms with Crippen molar-refractivity contribution in [2.75, 3.05) is 0 Å². The second kappa shape index (κ2) is 3.87. The Bertz CT molecular complexity index is 531. The van der Waals surface area contributed by atoms with Crippen LogP contribution >= 0.6 is 11.6 Å². The van der Waals surface area contributed by atoms with Crippen molar-refractivity contribution in [1.82, 2.24) is 9.55 Å². The van der Waals surface area contributed by atoms with Crippen LogP contribution in [-0.4, -0.2) is 9.55 Å². The molecule has 0 radical (unpaired) electrons. The van der Waals surface area contributed by atoms with Crippen LogP contribution in [0.1, 0.15) is 0 Å². The SMILES string of the molecule is Cn1cnc(=O)c(-c2ccc(Cl)cc2)c1. The fourth-order valence-electron chi connectivity index (χ4n) is 1.33. The minimum absolute atomic E-state index is 0.226. The van der Waals surface area contributed by atoms with Gasteiger partial charge in [0.1, 0.15) is 0 Å². The van der Waals surface area contributed by atoms with Crippen molar-refractivity contribution >= 4 is 11.6 Å². The van der Waals surface area contributed by atoms with Crippen LogP contribution in [-0.2, 0) is 7.05 Å². The molecule has 3 nitrogen and oxygen atoms in total. The summed E-state index contributed by atoms with van der Waals surface area (Å²) in [6.07, 6.45) is 3.24. The molecule has 1 heterocycles. The van der Waals surface area contributed by atoms with E-state index in [2.05, 4.69) is 4.98 Å². The zero-order valence-corrected chi connectivity index (χ0v) is 8.90. The molecule has 2 aromatic rings. The smallest absolute Gasteiger partial charge is 0.280 e. The van der Waals surface area contributed by atoms with E-state index in [4.69, 9.17) is 11.6 Å². The summed E-state index contributed by atoms with van der Waals surface area (Å²) in [5.74, 6) is 0. The van der Waals surface area contributed by atoms with Gasteiger partial charge in [-0.25, -0.2) is 0 Å². The molecule has 0 saturated heterocycles. The first kappa shape index (κ1) is 9.93. The van der Waals surface area contributed by atoms with Gasteiger partial charge in [0.05, 0.1) is 11.9 Å². The summed E-state index contributed by atoms with van der Waals surface area (Å²) in [7, 11) is 1.83. The lowest BCUT2D eigenvalue weighted by atomic mass is 10.1. The van der Waals surface area contributed by atoms with E-state index in [1.807, 2.05) is 7.05 Å². The molecule has 0 unspecified atom stereocenters. The molecular formula is C11H9ClN2O. The monoisotopic (exact) mass is 220 g/mol. The molecule has 0 atom stereocenters. The fraction of sp³-hybridized carbons (Fsp3) is 0.0909. The number of benzene rings is 1. The Kier molecular flexibility index (Phi) is 2.56. The Hall–Kier alpha value is -1.61. The average molecular weight is 221 g/mol. The van der Waals surface area contributed by atoms with Crippen LogP contribution in [0.5, 0.6) is 0 Å². The summed E-state index contributed by atoms with van der Waals surface area (Å²) >= 11 is 5.77. The molecular weight excluding hydrogens is 212 g/mol. The number of nitrogens with zero attached hydrogens (tertiary/aromatic N) is 2. The van der Waals surface area contributed by atoms with Gasteiger partial charge in [0.2, 0.25) is 0 Å². The molecule has 0 saturated carbocycles. The van der Waals surface area contributed by atoms with Gasteiger partial charge in [0.25, 0.3) is 5.56 Å². The van der Waals surface area contributed by atoms with Gasteiger partial charge in [0, 0.05) is 18.3 Å². The van der Waals surface area contributed by atoms with Crippen LogP contribution in [0, 0.1) is 0 Å². The molecule has 0 bridgehead atoms. The summed E-state index contributed by atoms with van der Waals surface area (Å²) in [5, 5.41) is 0.652. The van der Waals surface area contributed by atoms with Crippen molar-refractivity contribution in [1.29, 1.82) is 0 Å². The predicted molar refractivity (Wildman–Crippen MR) is 59.9 cm³/mol. The minimum atomic E-state index is -0.226. The molecule has 0 fully saturated rings. The van der Waals surface area contributed by atoms with Crippen LogP contribution in [0.15, 0.2) is 41.6 Å². The number of halogens is 1. The highest BCUT2D eigenvalue weighted by Crippen LogP contribution is 2.17. The first-order valence-corrected chi connectivity index (χ1v) is 4.83. The van der Waals surface area contributed by atoms with Crippen molar-refractivity contribution in [3.05, 3.63) is 52.2 Å². The lowest BCUT2D eigenvalue weighted by Gasteiger charge is -2.02. The largest absolute Gasteiger partial charge is 0.341 e. The number of aromatic nitrogens is 2. The number of rotatable bonds is 1. The Morgan fingerprint density at radius 3 is 2.60 bits per heavy atom. The number of aryl methyl sites for hydroxylation is 1. The van der Waals surface area contributed by atoms with Crippen LogP contribution in [0.3, 0.4) is 0 Å². The third-order valence-corrected chi connectivity index (χ3v) is 2.33. The molecule has 1 aromatic carbocycles. The van der Waals surface area contributed by atoms with E-state index < -0.39 is 0 Å². The summed E-state index contributed by atoms with van der Waals surface area (Å²) in [6.45, 7) is 0. The van der Waals surface area contributed by atoms with Crippen LogP contribution in [0.25, 0.3) is 11.1 Å². The van der Waals surface area contributed by atoms with Gasteiger partial charge >= 0.3 is 0 Å². The highest BCUT2D eigenvalue weighted by Gasteiger charge is 2.03. The maximum Gasteiger partial charge on any atom is 0.280 e. The third kappa shape index (κ3) is 2.07. The number of hydrogen-bond acceptors (Lipinski definition) is 2. The van der Waals surface area contributed by atoms with E-state index >= 15 is 0 Å². The highest BCUT2D eigenvalue weighted by molar-refractivity contribution is 6.30. The quantitative estimate of drug-likeness (QED) is 0.738. The number of hydrogen-bond donors (Lipinski definition) is 0. The molecule has 15 heavy (non-hydrogen) atoms. The minimum Gasteiger partial charge on any atom is -0.341 e. The summed E-state index contributed by atoms with van der Waals surface area (Å²) in [6, 6.07) is 7.12. The Balaban J connectivity index is 2.58.